The second-order valence-electron chi connectivity index (χ2n) is 4.66. The average Bonchev–Trinajstić information content (AvgIpc) is 2.38. The van der Waals surface area contributed by atoms with Crippen molar-refractivity contribution < 1.29 is 4.74 Å². The van der Waals surface area contributed by atoms with E-state index in [0.29, 0.717) is 6.04 Å². The van der Waals surface area contributed by atoms with E-state index in [-0.39, 0.29) is 6.04 Å². The first-order chi connectivity index (χ1) is 8.24. The Morgan fingerprint density at radius 3 is 2.88 bits per heavy atom. The number of nitrogens with zero attached hydrogens (tertiary/aromatic N) is 2. The van der Waals surface area contributed by atoms with Gasteiger partial charge in [0, 0.05) is 25.3 Å². The predicted molar refractivity (Wildman–Crippen MR) is 69.4 cm³/mol. The van der Waals surface area contributed by atoms with Crippen molar-refractivity contribution in [3.63, 3.8) is 0 Å². The van der Waals surface area contributed by atoms with Gasteiger partial charge in [0.15, 0.2) is 11.6 Å². The number of methoxy groups -OCH3 is 1. The van der Waals surface area contributed by atoms with Crippen LogP contribution in [-0.2, 0) is 0 Å². The number of hydrogen-bond donors (Lipinski definition) is 1. The number of likely N-dealkylation sites (N-methyl/N-ethyl adjacent to an activating group) is 1. The standard InChI is InChI=1S/C13H21N3O/c1-16(11-7-4-3-6-10(11)14)13-12(17-2)8-5-9-15-13/h5,8-11H,3-4,6-7,14H2,1-2H3. The van der Waals surface area contributed by atoms with E-state index in [1.54, 1.807) is 13.3 Å². The lowest BCUT2D eigenvalue weighted by Crippen LogP contribution is -2.48. The van der Waals surface area contributed by atoms with Gasteiger partial charge in [0.2, 0.25) is 0 Å². The number of hydrogen-bond acceptors (Lipinski definition) is 4. The van der Waals surface area contributed by atoms with Crippen molar-refractivity contribution in [1.29, 1.82) is 0 Å². The minimum atomic E-state index is 0.237. The van der Waals surface area contributed by atoms with Gasteiger partial charge < -0.3 is 15.4 Å². The van der Waals surface area contributed by atoms with E-state index in [1.165, 1.54) is 12.8 Å². The van der Waals surface area contributed by atoms with Crippen molar-refractivity contribution in [2.45, 2.75) is 37.8 Å². The van der Waals surface area contributed by atoms with E-state index < -0.39 is 0 Å². The fourth-order valence-electron chi connectivity index (χ4n) is 2.58. The Labute approximate surface area is 103 Å². The van der Waals surface area contributed by atoms with Crippen LogP contribution < -0.4 is 15.4 Å². The molecular weight excluding hydrogens is 214 g/mol. The van der Waals surface area contributed by atoms with Gasteiger partial charge in [-0.3, -0.25) is 0 Å². The maximum Gasteiger partial charge on any atom is 0.171 e. The second kappa shape index (κ2) is 5.36. The van der Waals surface area contributed by atoms with Crippen molar-refractivity contribution in [2.24, 2.45) is 5.73 Å². The van der Waals surface area contributed by atoms with Crippen molar-refractivity contribution >= 4 is 5.82 Å². The Morgan fingerprint density at radius 2 is 2.18 bits per heavy atom. The highest BCUT2D eigenvalue weighted by molar-refractivity contribution is 5.52. The predicted octanol–water partition coefficient (Wildman–Crippen LogP) is 1.80. The van der Waals surface area contributed by atoms with Crippen LogP contribution in [0.25, 0.3) is 0 Å². The summed E-state index contributed by atoms with van der Waals surface area (Å²) in [6, 6.07) is 4.43. The summed E-state index contributed by atoms with van der Waals surface area (Å²) >= 11 is 0. The fraction of sp³-hybridized carbons (Fsp3) is 0.615. The summed E-state index contributed by atoms with van der Waals surface area (Å²) in [6.45, 7) is 0. The van der Waals surface area contributed by atoms with Crippen LogP contribution in [0.1, 0.15) is 25.7 Å². The molecule has 0 amide bonds. The summed E-state index contributed by atoms with van der Waals surface area (Å²) in [7, 11) is 3.73. The van der Waals surface area contributed by atoms with Crippen molar-refractivity contribution in [3.8, 4) is 5.75 Å². The first-order valence-corrected chi connectivity index (χ1v) is 6.21. The van der Waals surface area contributed by atoms with Crippen molar-refractivity contribution in [2.75, 3.05) is 19.1 Å². The largest absolute Gasteiger partial charge is 0.493 e. The van der Waals surface area contributed by atoms with E-state index in [0.717, 1.165) is 24.4 Å². The Hall–Kier alpha value is -1.29. The van der Waals surface area contributed by atoms with Crippen LogP contribution in [-0.4, -0.2) is 31.2 Å². The molecule has 1 aromatic rings. The molecule has 4 nitrogen and oxygen atoms in total. The van der Waals surface area contributed by atoms with E-state index in [4.69, 9.17) is 10.5 Å². The van der Waals surface area contributed by atoms with E-state index >= 15 is 0 Å². The molecule has 0 saturated heterocycles. The van der Waals surface area contributed by atoms with Crippen molar-refractivity contribution in [3.05, 3.63) is 18.3 Å². The third kappa shape index (κ3) is 2.52. The number of ether oxygens (including phenoxy) is 1. The minimum absolute atomic E-state index is 0.237. The van der Waals surface area contributed by atoms with Crippen LogP contribution in [0.15, 0.2) is 18.3 Å². The lowest BCUT2D eigenvalue weighted by Gasteiger charge is -2.37. The van der Waals surface area contributed by atoms with Crippen LogP contribution in [0.4, 0.5) is 5.82 Å². The van der Waals surface area contributed by atoms with Crippen LogP contribution >= 0.6 is 0 Å². The summed E-state index contributed by atoms with van der Waals surface area (Å²) in [5.74, 6) is 1.70. The lowest BCUT2D eigenvalue weighted by atomic mass is 9.90. The number of nitrogens with two attached hydrogens (primary N) is 1. The summed E-state index contributed by atoms with van der Waals surface area (Å²) in [5, 5.41) is 0. The van der Waals surface area contributed by atoms with Gasteiger partial charge in [0.1, 0.15) is 0 Å². The fourth-order valence-corrected chi connectivity index (χ4v) is 2.58. The molecule has 0 radical (unpaired) electrons. The smallest absolute Gasteiger partial charge is 0.171 e. The summed E-state index contributed by atoms with van der Waals surface area (Å²) < 4.78 is 5.35. The molecule has 0 aromatic carbocycles. The van der Waals surface area contributed by atoms with Gasteiger partial charge in [-0.2, -0.15) is 0 Å². The molecule has 17 heavy (non-hydrogen) atoms. The van der Waals surface area contributed by atoms with Crippen LogP contribution in [0.5, 0.6) is 5.75 Å². The summed E-state index contributed by atoms with van der Waals surface area (Å²) in [4.78, 5) is 6.57. The van der Waals surface area contributed by atoms with Crippen molar-refractivity contribution in [1.82, 2.24) is 4.98 Å². The number of rotatable bonds is 3. The number of aromatic nitrogens is 1. The van der Waals surface area contributed by atoms with Crippen LogP contribution in [0.3, 0.4) is 0 Å². The van der Waals surface area contributed by atoms with Gasteiger partial charge in [-0.15, -0.1) is 0 Å². The molecule has 4 heteroatoms. The molecule has 2 N–H and O–H groups in total. The highest BCUT2D eigenvalue weighted by Crippen LogP contribution is 2.29. The molecule has 1 aliphatic carbocycles. The number of pyridine rings is 1. The molecule has 2 atom stereocenters. The van der Waals surface area contributed by atoms with Gasteiger partial charge in [-0.25, -0.2) is 4.98 Å². The highest BCUT2D eigenvalue weighted by atomic mass is 16.5. The average molecular weight is 235 g/mol. The van der Waals surface area contributed by atoms with E-state index in [1.807, 2.05) is 12.1 Å². The Morgan fingerprint density at radius 1 is 1.41 bits per heavy atom. The minimum Gasteiger partial charge on any atom is -0.493 e. The van der Waals surface area contributed by atoms with E-state index in [9.17, 15) is 0 Å². The molecule has 0 spiro atoms. The zero-order valence-electron chi connectivity index (χ0n) is 10.6. The molecule has 0 bridgehead atoms. The summed E-state index contributed by atoms with van der Waals surface area (Å²) in [5.41, 5.74) is 6.20. The van der Waals surface area contributed by atoms with Gasteiger partial charge >= 0.3 is 0 Å². The Kier molecular flexibility index (Phi) is 3.84. The highest BCUT2D eigenvalue weighted by Gasteiger charge is 2.27. The molecule has 1 aliphatic rings. The zero-order chi connectivity index (χ0) is 12.3. The third-order valence-electron chi connectivity index (χ3n) is 3.58. The molecule has 2 rings (SSSR count). The van der Waals surface area contributed by atoms with E-state index in [2.05, 4.69) is 16.9 Å². The van der Waals surface area contributed by atoms with Gasteiger partial charge in [0.05, 0.1) is 7.11 Å². The SMILES string of the molecule is COc1cccnc1N(C)C1CCCCC1N. The van der Waals surface area contributed by atoms with Crippen LogP contribution in [0, 0.1) is 0 Å². The van der Waals surface area contributed by atoms with Gasteiger partial charge in [0.25, 0.3) is 0 Å². The van der Waals surface area contributed by atoms with Gasteiger partial charge in [-0.05, 0) is 25.0 Å². The maximum atomic E-state index is 6.20. The molecule has 1 fully saturated rings. The van der Waals surface area contributed by atoms with Crippen LogP contribution in [0.2, 0.25) is 0 Å². The number of anilines is 1. The monoisotopic (exact) mass is 235 g/mol. The maximum absolute atomic E-state index is 6.20. The normalized spacial score (nSPS) is 24.4. The quantitative estimate of drug-likeness (QED) is 0.868. The third-order valence-corrected chi connectivity index (χ3v) is 3.58. The first kappa shape index (κ1) is 12.2. The first-order valence-electron chi connectivity index (χ1n) is 6.21. The molecule has 1 heterocycles. The lowest BCUT2D eigenvalue weighted by molar-refractivity contribution is 0.365. The molecular formula is C13H21N3O. The molecule has 0 aliphatic heterocycles. The Bertz CT molecular complexity index is 369. The Balaban J connectivity index is 2.20. The van der Waals surface area contributed by atoms with Gasteiger partial charge in [-0.1, -0.05) is 12.8 Å². The summed E-state index contributed by atoms with van der Waals surface area (Å²) in [6.07, 6.45) is 6.52. The molecule has 94 valence electrons. The molecule has 2 unspecified atom stereocenters. The topological polar surface area (TPSA) is 51.4 Å². The second-order valence-corrected chi connectivity index (χ2v) is 4.66. The molecule has 1 aromatic heterocycles. The molecule has 1 saturated carbocycles. The zero-order valence-corrected chi connectivity index (χ0v) is 10.6.